The Hall–Kier alpha value is -1.28. The highest BCUT2D eigenvalue weighted by Gasteiger charge is 2.18. The molecule has 0 unspecified atom stereocenters. The second-order valence-corrected chi connectivity index (χ2v) is 5.73. The van der Waals surface area contributed by atoms with Crippen LogP contribution in [0.3, 0.4) is 0 Å². The van der Waals surface area contributed by atoms with E-state index in [1.807, 2.05) is 0 Å². The van der Waals surface area contributed by atoms with Crippen molar-refractivity contribution < 1.29 is 0 Å². The average molecular weight is 242 g/mol. The number of benzene rings is 1. The molecule has 1 fully saturated rings. The summed E-state index contributed by atoms with van der Waals surface area (Å²) in [6.45, 7) is 5.91. The first-order valence-electron chi connectivity index (χ1n) is 6.97. The molecule has 0 amide bonds. The first-order valence-corrected chi connectivity index (χ1v) is 6.97. The summed E-state index contributed by atoms with van der Waals surface area (Å²) in [6.07, 6.45) is 2.72. The molecule has 2 aromatic rings. The number of para-hydroxylation sites is 1. The van der Waals surface area contributed by atoms with Gasteiger partial charge >= 0.3 is 0 Å². The van der Waals surface area contributed by atoms with E-state index < -0.39 is 0 Å². The second-order valence-electron chi connectivity index (χ2n) is 5.73. The topological polar surface area (TPSA) is 8.17 Å². The number of hydrogen-bond donors (Lipinski definition) is 0. The summed E-state index contributed by atoms with van der Waals surface area (Å²) in [4.78, 5) is 2.47. The Morgan fingerprint density at radius 1 is 1.28 bits per heavy atom. The first kappa shape index (κ1) is 11.8. The van der Waals surface area contributed by atoms with Crippen molar-refractivity contribution in [3.8, 4) is 0 Å². The zero-order valence-corrected chi connectivity index (χ0v) is 11.4. The van der Waals surface area contributed by atoms with Crippen molar-refractivity contribution in [2.45, 2.75) is 26.3 Å². The molecule has 1 aliphatic rings. The Labute approximate surface area is 109 Å². The maximum Gasteiger partial charge on any atom is 0.0482 e. The van der Waals surface area contributed by atoms with E-state index in [-0.39, 0.29) is 0 Å². The molecule has 1 aliphatic heterocycles. The van der Waals surface area contributed by atoms with Gasteiger partial charge in [0.15, 0.2) is 0 Å². The van der Waals surface area contributed by atoms with Gasteiger partial charge in [0.1, 0.15) is 0 Å². The molecule has 0 spiro atoms. The van der Waals surface area contributed by atoms with Crippen LogP contribution in [0.1, 0.15) is 18.5 Å². The Balaban J connectivity index is 1.87. The van der Waals surface area contributed by atoms with Crippen molar-refractivity contribution in [2.75, 3.05) is 20.1 Å². The first-order chi connectivity index (χ1) is 8.74. The smallest absolute Gasteiger partial charge is 0.0482 e. The van der Waals surface area contributed by atoms with E-state index in [2.05, 4.69) is 53.8 Å². The monoisotopic (exact) mass is 242 g/mol. The summed E-state index contributed by atoms with van der Waals surface area (Å²) in [5, 5.41) is 1.37. The third-order valence-corrected chi connectivity index (χ3v) is 4.18. The molecule has 0 N–H and O–H groups in total. The van der Waals surface area contributed by atoms with Gasteiger partial charge in [-0.1, -0.05) is 18.2 Å². The lowest BCUT2D eigenvalue weighted by Gasteiger charge is -2.30. The van der Waals surface area contributed by atoms with Crippen LogP contribution in [0.2, 0.25) is 0 Å². The Kier molecular flexibility index (Phi) is 3.13. The third-order valence-electron chi connectivity index (χ3n) is 4.18. The molecule has 0 saturated carbocycles. The predicted molar refractivity (Wildman–Crippen MR) is 76.9 cm³/mol. The molecule has 0 radical (unpaired) electrons. The molecule has 2 heteroatoms. The molecule has 0 aliphatic carbocycles. The van der Waals surface area contributed by atoms with Crippen molar-refractivity contribution in [3.05, 3.63) is 36.0 Å². The van der Waals surface area contributed by atoms with Crippen LogP contribution in [0, 0.1) is 12.8 Å². The largest absolute Gasteiger partial charge is 0.345 e. The van der Waals surface area contributed by atoms with Crippen LogP contribution in [0.4, 0.5) is 0 Å². The zero-order valence-electron chi connectivity index (χ0n) is 11.4. The standard InChI is InChI=1S/C16H22N2/c1-13-10-15-7-3-4-8-16(15)18(13)12-14-6-5-9-17(2)11-14/h3-4,7-8,10,14H,5-6,9,11-12H2,1-2H3/t14-/m1/s1. The molecule has 1 aromatic carbocycles. The molecule has 1 atom stereocenters. The summed E-state index contributed by atoms with van der Waals surface area (Å²) < 4.78 is 2.50. The van der Waals surface area contributed by atoms with Gasteiger partial charge in [-0.3, -0.25) is 0 Å². The summed E-state index contributed by atoms with van der Waals surface area (Å²) in [7, 11) is 2.24. The Bertz CT molecular complexity index is 541. The summed E-state index contributed by atoms with van der Waals surface area (Å²) in [6, 6.07) is 11.0. The van der Waals surface area contributed by atoms with Gasteiger partial charge in [-0.15, -0.1) is 0 Å². The van der Waals surface area contributed by atoms with Crippen LogP contribution >= 0.6 is 0 Å². The van der Waals surface area contributed by atoms with Gasteiger partial charge in [-0.25, -0.2) is 0 Å². The fourth-order valence-corrected chi connectivity index (χ4v) is 3.27. The van der Waals surface area contributed by atoms with Crippen LogP contribution in [-0.2, 0) is 6.54 Å². The zero-order chi connectivity index (χ0) is 12.5. The minimum Gasteiger partial charge on any atom is -0.345 e. The minimum absolute atomic E-state index is 0.804. The molecule has 18 heavy (non-hydrogen) atoms. The van der Waals surface area contributed by atoms with Gasteiger partial charge in [-0.2, -0.15) is 0 Å². The maximum absolute atomic E-state index is 2.50. The number of piperidine rings is 1. The number of aromatic nitrogens is 1. The minimum atomic E-state index is 0.804. The van der Waals surface area contributed by atoms with Gasteiger partial charge in [0, 0.05) is 24.3 Å². The lowest BCUT2D eigenvalue weighted by Crippen LogP contribution is -2.34. The fourth-order valence-electron chi connectivity index (χ4n) is 3.27. The summed E-state index contributed by atoms with van der Waals surface area (Å²) in [5.41, 5.74) is 2.78. The number of rotatable bonds is 2. The van der Waals surface area contributed by atoms with Crippen LogP contribution in [-0.4, -0.2) is 29.6 Å². The van der Waals surface area contributed by atoms with Crippen LogP contribution in [0.5, 0.6) is 0 Å². The predicted octanol–water partition coefficient (Wildman–Crippen LogP) is 3.29. The third kappa shape index (κ3) is 2.17. The molecule has 96 valence electrons. The van der Waals surface area contributed by atoms with Crippen molar-refractivity contribution in [2.24, 2.45) is 5.92 Å². The van der Waals surface area contributed by atoms with Gasteiger partial charge in [0.25, 0.3) is 0 Å². The van der Waals surface area contributed by atoms with Crippen molar-refractivity contribution in [1.82, 2.24) is 9.47 Å². The highest BCUT2D eigenvalue weighted by molar-refractivity contribution is 5.81. The van der Waals surface area contributed by atoms with Gasteiger partial charge in [0.05, 0.1) is 0 Å². The van der Waals surface area contributed by atoms with E-state index in [4.69, 9.17) is 0 Å². The average Bonchev–Trinajstić information content (AvgIpc) is 2.66. The van der Waals surface area contributed by atoms with Crippen LogP contribution < -0.4 is 0 Å². The second kappa shape index (κ2) is 4.77. The quantitative estimate of drug-likeness (QED) is 0.784. The lowest BCUT2D eigenvalue weighted by atomic mass is 9.98. The molecule has 2 heterocycles. The Morgan fingerprint density at radius 3 is 2.94 bits per heavy atom. The number of hydrogen-bond acceptors (Lipinski definition) is 1. The van der Waals surface area contributed by atoms with E-state index in [0.29, 0.717) is 0 Å². The van der Waals surface area contributed by atoms with E-state index in [0.717, 1.165) is 5.92 Å². The SMILES string of the molecule is Cc1cc2ccccc2n1C[C@@H]1CCCN(C)C1. The van der Waals surface area contributed by atoms with E-state index in [9.17, 15) is 0 Å². The number of fused-ring (bicyclic) bond motifs is 1. The Morgan fingerprint density at radius 2 is 2.11 bits per heavy atom. The number of nitrogens with zero attached hydrogens (tertiary/aromatic N) is 2. The molecule has 2 nitrogen and oxygen atoms in total. The van der Waals surface area contributed by atoms with E-state index in [1.54, 1.807) is 0 Å². The van der Waals surface area contributed by atoms with Crippen molar-refractivity contribution in [1.29, 1.82) is 0 Å². The fraction of sp³-hybridized carbons (Fsp3) is 0.500. The normalized spacial score (nSPS) is 21.6. The van der Waals surface area contributed by atoms with Crippen LogP contribution in [0.25, 0.3) is 10.9 Å². The van der Waals surface area contributed by atoms with Gasteiger partial charge in [0.2, 0.25) is 0 Å². The molecule has 1 saturated heterocycles. The highest BCUT2D eigenvalue weighted by atomic mass is 15.1. The summed E-state index contributed by atoms with van der Waals surface area (Å²) in [5.74, 6) is 0.804. The van der Waals surface area contributed by atoms with Crippen LogP contribution in [0.15, 0.2) is 30.3 Å². The van der Waals surface area contributed by atoms with Gasteiger partial charge < -0.3 is 9.47 Å². The number of aryl methyl sites for hydroxylation is 1. The summed E-state index contributed by atoms with van der Waals surface area (Å²) >= 11 is 0. The molecule has 3 rings (SSSR count). The maximum atomic E-state index is 2.50. The highest BCUT2D eigenvalue weighted by Crippen LogP contribution is 2.23. The molecule has 0 bridgehead atoms. The molecular weight excluding hydrogens is 220 g/mol. The van der Waals surface area contributed by atoms with E-state index >= 15 is 0 Å². The number of likely N-dealkylation sites (tertiary alicyclic amines) is 1. The van der Waals surface area contributed by atoms with E-state index in [1.165, 1.54) is 49.1 Å². The lowest BCUT2D eigenvalue weighted by molar-refractivity contribution is 0.195. The van der Waals surface area contributed by atoms with Gasteiger partial charge in [-0.05, 0) is 56.8 Å². The molecule has 1 aromatic heterocycles. The van der Waals surface area contributed by atoms with Crippen molar-refractivity contribution >= 4 is 10.9 Å². The molecular formula is C16H22N2. The van der Waals surface area contributed by atoms with Crippen molar-refractivity contribution in [3.63, 3.8) is 0 Å².